The van der Waals surface area contributed by atoms with Crippen LogP contribution in [0.3, 0.4) is 0 Å². The van der Waals surface area contributed by atoms with Crippen LogP contribution in [0.15, 0.2) is 0 Å². The first-order chi connectivity index (χ1) is 4.04. The summed E-state index contributed by atoms with van der Waals surface area (Å²) >= 11 is 4.48. The fourth-order valence-corrected chi connectivity index (χ4v) is 0.345. The number of hydrogen-bond donors (Lipinski definition) is 2. The minimum Gasteiger partial charge on any atom is -0.480 e. The fraction of sp³-hybridized carbons (Fsp3) is 0.500. The first-order valence-corrected chi connectivity index (χ1v) is 2.67. The van der Waals surface area contributed by atoms with Gasteiger partial charge in [0.2, 0.25) is 0 Å². The number of hydrogen-bond acceptors (Lipinski definition) is 2. The summed E-state index contributed by atoms with van der Waals surface area (Å²) in [6.07, 6.45) is 0. The van der Waals surface area contributed by atoms with Crippen LogP contribution in [0.4, 0.5) is 0 Å². The summed E-state index contributed by atoms with van der Waals surface area (Å²) in [5, 5.41) is 8.27. The Balaban J connectivity index is 3.63. The highest BCUT2D eigenvalue weighted by molar-refractivity contribution is 7.80. The molecule has 0 aromatic carbocycles. The molecule has 0 fully saturated rings. The lowest BCUT2D eigenvalue weighted by Crippen LogP contribution is -2.35. The van der Waals surface area contributed by atoms with Crippen LogP contribution in [0.1, 0.15) is 0 Å². The molecule has 0 unspecified atom stereocenters. The van der Waals surface area contributed by atoms with Gasteiger partial charge in [-0.25, -0.2) is 0 Å². The molecule has 0 aromatic rings. The van der Waals surface area contributed by atoms with Crippen molar-refractivity contribution in [3.8, 4) is 0 Å². The Morgan fingerprint density at radius 1 is 1.89 bits per heavy atom. The first-order valence-electron chi connectivity index (χ1n) is 2.26. The van der Waals surface area contributed by atoms with Gasteiger partial charge in [-0.1, -0.05) is 0 Å². The van der Waals surface area contributed by atoms with Crippen molar-refractivity contribution in [2.24, 2.45) is 5.73 Å². The highest BCUT2D eigenvalue weighted by Gasteiger charge is 2.02. The molecule has 5 heteroatoms. The average molecular weight is 148 g/mol. The van der Waals surface area contributed by atoms with Gasteiger partial charge in [0.05, 0.1) is 0 Å². The van der Waals surface area contributed by atoms with E-state index < -0.39 is 5.97 Å². The Hall–Kier alpha value is -0.840. The molecule has 0 aliphatic carbocycles. The second kappa shape index (κ2) is 3.24. The van der Waals surface area contributed by atoms with Crippen LogP contribution >= 0.6 is 12.2 Å². The minimum absolute atomic E-state index is 0.0948. The molecule has 0 saturated heterocycles. The number of thiocarbonyl (C=S) groups is 1. The van der Waals surface area contributed by atoms with E-state index in [2.05, 4.69) is 12.2 Å². The van der Waals surface area contributed by atoms with E-state index in [4.69, 9.17) is 10.8 Å². The standard InChI is InChI=1S/C4H8N2O2S/c1-6(4(5)9)2-3(7)8/h2H2,1H3,(H2,5,9)(H,7,8). The van der Waals surface area contributed by atoms with Gasteiger partial charge in [0, 0.05) is 7.05 Å². The predicted octanol–water partition coefficient (Wildman–Crippen LogP) is -0.754. The van der Waals surface area contributed by atoms with Crippen LogP contribution in [-0.4, -0.2) is 34.7 Å². The van der Waals surface area contributed by atoms with Gasteiger partial charge in [-0.15, -0.1) is 0 Å². The Kier molecular flexibility index (Phi) is 2.94. The number of aliphatic carboxylic acids is 1. The monoisotopic (exact) mass is 148 g/mol. The lowest BCUT2D eigenvalue weighted by atomic mass is 10.6. The van der Waals surface area contributed by atoms with Crippen molar-refractivity contribution in [2.45, 2.75) is 0 Å². The maximum Gasteiger partial charge on any atom is 0.323 e. The third-order valence-electron chi connectivity index (χ3n) is 0.749. The van der Waals surface area contributed by atoms with E-state index in [0.717, 1.165) is 0 Å². The number of carbonyl (C=O) groups is 1. The van der Waals surface area contributed by atoms with Gasteiger partial charge < -0.3 is 15.7 Å². The molecule has 0 spiro atoms. The van der Waals surface area contributed by atoms with Crippen LogP contribution < -0.4 is 5.73 Å². The van der Waals surface area contributed by atoms with Crippen molar-refractivity contribution in [3.63, 3.8) is 0 Å². The summed E-state index contributed by atoms with van der Waals surface area (Å²) < 4.78 is 0. The van der Waals surface area contributed by atoms with Crippen LogP contribution in [0, 0.1) is 0 Å². The maximum absolute atomic E-state index is 9.96. The Morgan fingerprint density at radius 3 is 2.44 bits per heavy atom. The van der Waals surface area contributed by atoms with Crippen LogP contribution in [-0.2, 0) is 4.79 Å². The largest absolute Gasteiger partial charge is 0.480 e. The zero-order valence-electron chi connectivity index (χ0n) is 5.00. The molecule has 0 heterocycles. The van der Waals surface area contributed by atoms with E-state index >= 15 is 0 Å². The van der Waals surface area contributed by atoms with Gasteiger partial charge in [-0.3, -0.25) is 4.79 Å². The molecule has 0 radical (unpaired) electrons. The SMILES string of the molecule is CN(CC(=O)O)C(N)=S. The molecule has 0 aliphatic rings. The molecule has 9 heavy (non-hydrogen) atoms. The van der Waals surface area contributed by atoms with Crippen molar-refractivity contribution >= 4 is 23.3 Å². The quantitative estimate of drug-likeness (QED) is 0.504. The van der Waals surface area contributed by atoms with E-state index in [1.807, 2.05) is 0 Å². The molecule has 0 rings (SSSR count). The van der Waals surface area contributed by atoms with Gasteiger partial charge in [0.15, 0.2) is 5.11 Å². The summed E-state index contributed by atoms with van der Waals surface area (Å²) in [4.78, 5) is 11.2. The minimum atomic E-state index is -0.940. The first kappa shape index (κ1) is 8.16. The highest BCUT2D eigenvalue weighted by Crippen LogP contribution is 1.79. The molecule has 52 valence electrons. The Labute approximate surface area is 58.2 Å². The normalized spacial score (nSPS) is 8.56. The van der Waals surface area contributed by atoms with Crippen molar-refractivity contribution in [3.05, 3.63) is 0 Å². The summed E-state index contributed by atoms with van der Waals surface area (Å²) in [6.45, 7) is -0.144. The molecule has 0 aromatic heterocycles. The van der Waals surface area contributed by atoms with Crippen molar-refractivity contribution < 1.29 is 9.90 Å². The number of likely N-dealkylation sites (N-methyl/N-ethyl adjacent to an activating group) is 1. The summed E-state index contributed by atoms with van der Waals surface area (Å²) in [7, 11) is 1.52. The van der Waals surface area contributed by atoms with Gasteiger partial charge in [0.25, 0.3) is 0 Å². The van der Waals surface area contributed by atoms with Crippen molar-refractivity contribution in [2.75, 3.05) is 13.6 Å². The molecule has 4 nitrogen and oxygen atoms in total. The van der Waals surface area contributed by atoms with Gasteiger partial charge in [-0.05, 0) is 12.2 Å². The summed E-state index contributed by atoms with van der Waals surface area (Å²) in [5.74, 6) is -0.940. The smallest absolute Gasteiger partial charge is 0.323 e. The number of nitrogens with two attached hydrogens (primary N) is 1. The van der Waals surface area contributed by atoms with Crippen molar-refractivity contribution in [1.29, 1.82) is 0 Å². The molecule has 0 amide bonds. The van der Waals surface area contributed by atoms with Gasteiger partial charge >= 0.3 is 5.97 Å². The van der Waals surface area contributed by atoms with E-state index in [1.54, 1.807) is 0 Å². The second-order valence-electron chi connectivity index (χ2n) is 1.59. The Bertz CT molecular complexity index is 137. The molecular weight excluding hydrogens is 140 g/mol. The van der Waals surface area contributed by atoms with Gasteiger partial charge in [0.1, 0.15) is 6.54 Å². The molecule has 0 saturated carbocycles. The van der Waals surface area contributed by atoms with E-state index in [9.17, 15) is 4.79 Å². The third kappa shape index (κ3) is 3.72. The number of carboxylic acid groups (broad SMARTS) is 1. The zero-order valence-corrected chi connectivity index (χ0v) is 5.81. The third-order valence-corrected chi connectivity index (χ3v) is 1.06. The molecular formula is C4H8N2O2S. The van der Waals surface area contributed by atoms with Crippen LogP contribution in [0.5, 0.6) is 0 Å². The second-order valence-corrected chi connectivity index (χ2v) is 2.01. The number of carboxylic acids is 1. The molecule has 0 bridgehead atoms. The lowest BCUT2D eigenvalue weighted by Gasteiger charge is -2.12. The van der Waals surface area contributed by atoms with Crippen LogP contribution in [0.25, 0.3) is 0 Å². The average Bonchev–Trinajstić information content (AvgIpc) is 1.63. The van der Waals surface area contributed by atoms with E-state index in [0.29, 0.717) is 0 Å². The Morgan fingerprint density at radius 2 is 2.33 bits per heavy atom. The number of nitrogens with zero attached hydrogens (tertiary/aromatic N) is 1. The van der Waals surface area contributed by atoms with E-state index in [1.165, 1.54) is 11.9 Å². The fourth-order valence-electron chi connectivity index (χ4n) is 0.281. The highest BCUT2D eigenvalue weighted by atomic mass is 32.1. The van der Waals surface area contributed by atoms with E-state index in [-0.39, 0.29) is 11.7 Å². The topological polar surface area (TPSA) is 66.6 Å². The maximum atomic E-state index is 9.96. The number of rotatable bonds is 2. The summed E-state index contributed by atoms with van der Waals surface area (Å²) in [5.41, 5.74) is 5.08. The van der Waals surface area contributed by atoms with Gasteiger partial charge in [-0.2, -0.15) is 0 Å². The van der Waals surface area contributed by atoms with Crippen molar-refractivity contribution in [1.82, 2.24) is 4.90 Å². The predicted molar refractivity (Wildman–Crippen MR) is 37.1 cm³/mol. The molecule has 3 N–H and O–H groups in total. The molecule has 0 aliphatic heterocycles. The summed E-state index contributed by atoms with van der Waals surface area (Å²) in [6, 6.07) is 0. The van der Waals surface area contributed by atoms with Crippen LogP contribution in [0.2, 0.25) is 0 Å². The molecule has 0 atom stereocenters. The zero-order chi connectivity index (χ0) is 7.44. The lowest BCUT2D eigenvalue weighted by molar-refractivity contribution is -0.137.